The molecule has 1 saturated heterocycles. The van der Waals surface area contributed by atoms with E-state index in [-0.39, 0.29) is 17.9 Å². The first-order valence-electron chi connectivity index (χ1n) is 7.14. The fourth-order valence-corrected chi connectivity index (χ4v) is 3.02. The summed E-state index contributed by atoms with van der Waals surface area (Å²) < 4.78 is 0. The van der Waals surface area contributed by atoms with Gasteiger partial charge in [-0.25, -0.2) is 4.79 Å². The zero-order valence-electron chi connectivity index (χ0n) is 12.0. The number of nitrogens with one attached hydrogen (secondary N) is 2. The number of amides is 3. The van der Waals surface area contributed by atoms with E-state index in [9.17, 15) is 9.59 Å². The molecule has 3 amide bonds. The number of carbonyl (C=O) groups is 2. The van der Waals surface area contributed by atoms with Gasteiger partial charge in [0.1, 0.15) is 0 Å². The fraction of sp³-hybridized carbons (Fsp3) is 0.467. The molecular formula is C15H21N3O2S. The average molecular weight is 307 g/mol. The molecule has 1 unspecified atom stereocenters. The van der Waals surface area contributed by atoms with E-state index in [1.807, 2.05) is 17.5 Å². The first-order chi connectivity index (χ1) is 10.2. The number of piperidine rings is 1. The molecule has 1 aliphatic rings. The van der Waals surface area contributed by atoms with Crippen LogP contribution < -0.4 is 10.6 Å². The number of nitrogens with zero attached hydrogens (tertiary/aromatic N) is 1. The molecule has 1 fully saturated rings. The number of hydrogen-bond acceptors (Lipinski definition) is 3. The van der Waals surface area contributed by atoms with Crippen molar-refractivity contribution >= 4 is 23.3 Å². The van der Waals surface area contributed by atoms with Gasteiger partial charge in [0.15, 0.2) is 0 Å². The molecule has 1 aromatic rings. The quantitative estimate of drug-likeness (QED) is 0.817. The van der Waals surface area contributed by atoms with Gasteiger partial charge in [-0.2, -0.15) is 0 Å². The van der Waals surface area contributed by atoms with E-state index in [0.29, 0.717) is 26.2 Å². The highest BCUT2D eigenvalue weighted by Gasteiger charge is 2.27. The molecule has 6 heteroatoms. The predicted octanol–water partition coefficient (Wildman–Crippen LogP) is 1.97. The molecule has 1 aliphatic heterocycles. The summed E-state index contributed by atoms with van der Waals surface area (Å²) in [4.78, 5) is 27.0. The third kappa shape index (κ3) is 4.60. The van der Waals surface area contributed by atoms with Crippen LogP contribution in [0.25, 0.3) is 0 Å². The number of urea groups is 1. The number of thiophene rings is 1. The van der Waals surface area contributed by atoms with Crippen LogP contribution >= 0.6 is 11.3 Å². The average Bonchev–Trinajstić information content (AvgIpc) is 3.03. The Hall–Kier alpha value is -1.82. The van der Waals surface area contributed by atoms with Gasteiger partial charge in [-0.1, -0.05) is 12.1 Å². The molecule has 1 aromatic heterocycles. The molecule has 21 heavy (non-hydrogen) atoms. The van der Waals surface area contributed by atoms with Crippen molar-refractivity contribution in [2.45, 2.75) is 19.4 Å². The molecule has 0 aliphatic carbocycles. The minimum atomic E-state index is -0.119. The maximum Gasteiger partial charge on any atom is 0.317 e. The monoisotopic (exact) mass is 307 g/mol. The summed E-state index contributed by atoms with van der Waals surface area (Å²) in [6.07, 6.45) is 3.35. The molecule has 0 radical (unpaired) electrons. The second kappa shape index (κ2) is 7.83. The van der Waals surface area contributed by atoms with Crippen LogP contribution in [0.4, 0.5) is 4.79 Å². The van der Waals surface area contributed by atoms with E-state index >= 15 is 0 Å². The van der Waals surface area contributed by atoms with E-state index < -0.39 is 0 Å². The highest BCUT2D eigenvalue weighted by molar-refractivity contribution is 7.09. The van der Waals surface area contributed by atoms with Crippen LogP contribution in [0.3, 0.4) is 0 Å². The summed E-state index contributed by atoms with van der Waals surface area (Å²) in [6, 6.07) is 3.87. The fourth-order valence-electron chi connectivity index (χ4n) is 2.38. The Morgan fingerprint density at radius 3 is 3.05 bits per heavy atom. The van der Waals surface area contributed by atoms with Gasteiger partial charge in [-0.05, 0) is 24.3 Å². The standard InChI is InChI=1S/C15H21N3O2S/c1-2-7-16-14(19)12-5-3-8-18(11-12)15(20)17-10-13-6-4-9-21-13/h2,4,6,9,12H,1,3,5,7-8,10-11H2,(H,16,19)(H,17,20). The Morgan fingerprint density at radius 2 is 2.33 bits per heavy atom. The van der Waals surface area contributed by atoms with Crippen molar-refractivity contribution in [2.75, 3.05) is 19.6 Å². The zero-order valence-corrected chi connectivity index (χ0v) is 12.8. The summed E-state index contributed by atoms with van der Waals surface area (Å²) in [5.74, 6) is -0.114. The molecule has 114 valence electrons. The maximum atomic E-state index is 12.1. The Balaban J connectivity index is 1.80. The summed E-state index contributed by atoms with van der Waals surface area (Å²) in [6.45, 7) is 5.79. The molecule has 0 spiro atoms. The lowest BCUT2D eigenvalue weighted by molar-refractivity contribution is -0.126. The van der Waals surface area contributed by atoms with Gasteiger partial charge in [0, 0.05) is 24.5 Å². The zero-order chi connectivity index (χ0) is 15.1. The third-order valence-corrected chi connectivity index (χ3v) is 4.37. The van der Waals surface area contributed by atoms with E-state index in [1.165, 1.54) is 0 Å². The lowest BCUT2D eigenvalue weighted by atomic mass is 9.97. The topological polar surface area (TPSA) is 61.4 Å². The minimum Gasteiger partial charge on any atom is -0.352 e. The molecule has 0 aromatic carbocycles. The van der Waals surface area contributed by atoms with E-state index in [2.05, 4.69) is 17.2 Å². The van der Waals surface area contributed by atoms with Crippen LogP contribution in [0.5, 0.6) is 0 Å². The number of carbonyl (C=O) groups excluding carboxylic acids is 2. The highest BCUT2D eigenvalue weighted by atomic mass is 32.1. The molecule has 2 N–H and O–H groups in total. The smallest absolute Gasteiger partial charge is 0.317 e. The molecule has 0 bridgehead atoms. The summed E-state index contributed by atoms with van der Waals surface area (Å²) in [5.41, 5.74) is 0. The van der Waals surface area contributed by atoms with Crippen molar-refractivity contribution in [3.05, 3.63) is 35.0 Å². The molecule has 0 saturated carbocycles. The van der Waals surface area contributed by atoms with E-state index in [0.717, 1.165) is 17.7 Å². The van der Waals surface area contributed by atoms with Crippen molar-refractivity contribution in [2.24, 2.45) is 5.92 Å². The minimum absolute atomic E-state index is 0.00524. The Labute approximate surface area is 129 Å². The van der Waals surface area contributed by atoms with E-state index in [1.54, 1.807) is 22.3 Å². The van der Waals surface area contributed by atoms with Gasteiger partial charge >= 0.3 is 6.03 Å². The van der Waals surface area contributed by atoms with Crippen LogP contribution in [-0.2, 0) is 11.3 Å². The van der Waals surface area contributed by atoms with Gasteiger partial charge in [0.2, 0.25) is 5.91 Å². The van der Waals surface area contributed by atoms with Crippen molar-refractivity contribution in [1.29, 1.82) is 0 Å². The molecule has 5 nitrogen and oxygen atoms in total. The Bertz CT molecular complexity index is 487. The van der Waals surface area contributed by atoms with Crippen molar-refractivity contribution in [1.82, 2.24) is 15.5 Å². The van der Waals surface area contributed by atoms with Gasteiger partial charge in [0.25, 0.3) is 0 Å². The summed E-state index contributed by atoms with van der Waals surface area (Å²) >= 11 is 1.62. The molecule has 2 rings (SSSR count). The third-order valence-electron chi connectivity index (χ3n) is 3.49. The second-order valence-electron chi connectivity index (χ2n) is 5.06. The highest BCUT2D eigenvalue weighted by Crippen LogP contribution is 2.17. The number of hydrogen-bond donors (Lipinski definition) is 2. The summed E-state index contributed by atoms with van der Waals surface area (Å²) in [7, 11) is 0. The first-order valence-corrected chi connectivity index (χ1v) is 8.02. The van der Waals surface area contributed by atoms with Gasteiger partial charge < -0.3 is 15.5 Å². The molecular weight excluding hydrogens is 286 g/mol. The molecule has 1 atom stereocenters. The predicted molar refractivity (Wildman–Crippen MR) is 84.1 cm³/mol. The van der Waals surface area contributed by atoms with Crippen LogP contribution in [0, 0.1) is 5.92 Å². The first kappa shape index (κ1) is 15.6. The van der Waals surface area contributed by atoms with Gasteiger partial charge in [-0.3, -0.25) is 4.79 Å². The largest absolute Gasteiger partial charge is 0.352 e. The maximum absolute atomic E-state index is 12.1. The number of rotatable bonds is 5. The lowest BCUT2D eigenvalue weighted by Crippen LogP contribution is -2.48. The van der Waals surface area contributed by atoms with Crippen molar-refractivity contribution in [3.8, 4) is 0 Å². The van der Waals surface area contributed by atoms with Crippen LogP contribution in [-0.4, -0.2) is 36.5 Å². The Kier molecular flexibility index (Phi) is 5.80. The van der Waals surface area contributed by atoms with Gasteiger partial charge in [0.05, 0.1) is 12.5 Å². The van der Waals surface area contributed by atoms with Crippen LogP contribution in [0.1, 0.15) is 17.7 Å². The molecule has 2 heterocycles. The normalized spacial score (nSPS) is 18.1. The lowest BCUT2D eigenvalue weighted by Gasteiger charge is -2.32. The van der Waals surface area contributed by atoms with E-state index in [4.69, 9.17) is 0 Å². The number of likely N-dealkylation sites (tertiary alicyclic amines) is 1. The van der Waals surface area contributed by atoms with Crippen molar-refractivity contribution in [3.63, 3.8) is 0 Å². The second-order valence-corrected chi connectivity index (χ2v) is 6.09. The summed E-state index contributed by atoms with van der Waals surface area (Å²) in [5, 5.41) is 7.70. The van der Waals surface area contributed by atoms with Crippen LogP contribution in [0.15, 0.2) is 30.2 Å². The Morgan fingerprint density at radius 1 is 1.48 bits per heavy atom. The van der Waals surface area contributed by atoms with Gasteiger partial charge in [-0.15, -0.1) is 17.9 Å². The van der Waals surface area contributed by atoms with Crippen molar-refractivity contribution < 1.29 is 9.59 Å². The SMILES string of the molecule is C=CCNC(=O)C1CCCN(C(=O)NCc2cccs2)C1. The van der Waals surface area contributed by atoms with Crippen LogP contribution in [0.2, 0.25) is 0 Å².